The van der Waals surface area contributed by atoms with Crippen LogP contribution in [0.15, 0.2) is 42.7 Å². The number of hydrogen-bond acceptors (Lipinski definition) is 7. The van der Waals surface area contributed by atoms with Gasteiger partial charge in [-0.1, -0.05) is 6.07 Å². The Balaban J connectivity index is 1.61. The smallest absolute Gasteiger partial charge is 0.371 e. The van der Waals surface area contributed by atoms with E-state index in [1.807, 2.05) is 32.0 Å². The molecule has 0 fully saturated rings. The monoisotopic (exact) mass is 560 g/mol. The Morgan fingerprint density at radius 1 is 1.10 bits per heavy atom. The van der Waals surface area contributed by atoms with Gasteiger partial charge in [-0.2, -0.15) is 18.3 Å². The van der Waals surface area contributed by atoms with Crippen LogP contribution in [-0.2, 0) is 13.2 Å². The Kier molecular flexibility index (Phi) is 8.08. The lowest BCUT2D eigenvalue weighted by Gasteiger charge is -2.24. The molecule has 13 heteroatoms. The molecule has 2 heterocycles. The molecule has 40 heavy (non-hydrogen) atoms. The molecule has 0 bridgehead atoms. The maximum atomic E-state index is 14.9. The highest BCUT2D eigenvalue weighted by atomic mass is 19.4. The van der Waals surface area contributed by atoms with Crippen molar-refractivity contribution >= 4 is 28.7 Å². The van der Waals surface area contributed by atoms with E-state index in [4.69, 9.17) is 0 Å². The van der Waals surface area contributed by atoms with Crippen LogP contribution >= 0.6 is 0 Å². The molecule has 3 aromatic rings. The van der Waals surface area contributed by atoms with Crippen LogP contribution < -0.4 is 26.2 Å². The summed E-state index contributed by atoms with van der Waals surface area (Å²) in [5, 5.41) is 8.64. The van der Waals surface area contributed by atoms with E-state index < -0.39 is 23.5 Å². The molecule has 2 aromatic carbocycles. The molecule has 9 nitrogen and oxygen atoms in total. The summed E-state index contributed by atoms with van der Waals surface area (Å²) in [5.74, 6) is -2.21. The average Bonchev–Trinajstić information content (AvgIpc) is 3.49. The first-order valence-electron chi connectivity index (χ1n) is 12.5. The molecular weight excluding hydrogens is 528 g/mol. The number of halogens is 4. The summed E-state index contributed by atoms with van der Waals surface area (Å²) in [4.78, 5) is 16.3. The van der Waals surface area contributed by atoms with Crippen LogP contribution in [0.4, 0.5) is 34.6 Å². The first-order chi connectivity index (χ1) is 18.8. The fourth-order valence-corrected chi connectivity index (χ4v) is 4.19. The lowest BCUT2D eigenvalue weighted by molar-refractivity contribution is -0.139. The molecule has 0 saturated carbocycles. The van der Waals surface area contributed by atoms with Gasteiger partial charge in [-0.25, -0.2) is 4.39 Å². The number of carbonyl (C=O) groups is 1. The normalized spacial score (nSPS) is 13.5. The van der Waals surface area contributed by atoms with Crippen molar-refractivity contribution in [3.8, 4) is 0 Å². The highest BCUT2D eigenvalue weighted by Crippen LogP contribution is 2.36. The molecule has 1 aliphatic rings. The Morgan fingerprint density at radius 3 is 2.45 bits per heavy atom. The van der Waals surface area contributed by atoms with E-state index in [9.17, 15) is 22.4 Å². The summed E-state index contributed by atoms with van der Waals surface area (Å²) in [7, 11) is 6.94. The van der Waals surface area contributed by atoms with Crippen molar-refractivity contribution in [2.75, 3.05) is 49.5 Å². The Morgan fingerprint density at radius 2 is 1.82 bits per heavy atom. The lowest BCUT2D eigenvalue weighted by Crippen LogP contribution is -2.36. The van der Waals surface area contributed by atoms with Crippen LogP contribution in [0.5, 0.6) is 0 Å². The van der Waals surface area contributed by atoms with Crippen LogP contribution in [0.2, 0.25) is 0 Å². The number of likely N-dealkylation sites (N-methyl/N-ethyl adjacent to an activating group) is 2. The second-order valence-corrected chi connectivity index (χ2v) is 9.95. The summed E-state index contributed by atoms with van der Waals surface area (Å²) < 4.78 is 57.8. The molecule has 0 unspecified atom stereocenters. The van der Waals surface area contributed by atoms with Gasteiger partial charge in [0.1, 0.15) is 0 Å². The Bertz CT molecular complexity index is 1450. The zero-order valence-electron chi connectivity index (χ0n) is 23.1. The first-order valence-corrected chi connectivity index (χ1v) is 12.5. The number of rotatable bonds is 8. The van der Waals surface area contributed by atoms with Crippen molar-refractivity contribution in [3.05, 3.63) is 76.5 Å². The maximum Gasteiger partial charge on any atom is 0.419 e. The zero-order valence-corrected chi connectivity index (χ0v) is 23.1. The van der Waals surface area contributed by atoms with Gasteiger partial charge in [0.2, 0.25) is 0 Å². The molecule has 4 rings (SSSR count). The molecule has 0 spiro atoms. The van der Waals surface area contributed by atoms with Gasteiger partial charge in [0, 0.05) is 55.9 Å². The number of hydrogen-bond donors (Lipinski definition) is 3. The number of alkyl halides is 3. The SMILES string of the molecule is Cc1ccc(NC(=O)c2cc(N(C)CCN(C)C)c(F)c(C(F)(F)F)c2)cc1N1C=C(c2cnn(C)c2C)NN1. The second kappa shape index (κ2) is 11.2. The van der Waals surface area contributed by atoms with Crippen molar-refractivity contribution in [2.24, 2.45) is 7.05 Å². The fraction of sp³-hybridized carbons (Fsp3) is 0.333. The maximum absolute atomic E-state index is 14.9. The molecule has 3 N–H and O–H groups in total. The Hall–Kier alpha value is -4.10. The third kappa shape index (κ3) is 6.05. The number of hydrazine groups is 2. The number of aryl methyl sites for hydroxylation is 2. The number of nitrogens with zero attached hydrogens (tertiary/aromatic N) is 5. The molecule has 0 radical (unpaired) electrons. The highest BCUT2D eigenvalue weighted by Gasteiger charge is 2.37. The molecule has 1 amide bonds. The van der Waals surface area contributed by atoms with E-state index in [1.165, 1.54) is 11.9 Å². The number of amides is 1. The minimum absolute atomic E-state index is 0.262. The second-order valence-electron chi connectivity index (χ2n) is 9.95. The number of benzene rings is 2. The summed E-state index contributed by atoms with van der Waals surface area (Å²) in [5.41, 5.74) is 8.62. The summed E-state index contributed by atoms with van der Waals surface area (Å²) in [6.07, 6.45) is -1.39. The van der Waals surface area contributed by atoms with Crippen molar-refractivity contribution in [3.63, 3.8) is 0 Å². The number of nitrogens with one attached hydrogen (secondary N) is 3. The van der Waals surface area contributed by atoms with Crippen molar-refractivity contribution < 1.29 is 22.4 Å². The van der Waals surface area contributed by atoms with Crippen LogP contribution in [0.25, 0.3) is 5.70 Å². The van der Waals surface area contributed by atoms with E-state index in [0.717, 1.165) is 28.6 Å². The molecule has 1 aromatic heterocycles. The fourth-order valence-electron chi connectivity index (χ4n) is 4.19. The largest absolute Gasteiger partial charge is 0.419 e. The molecule has 214 valence electrons. The van der Waals surface area contributed by atoms with Gasteiger partial charge >= 0.3 is 6.18 Å². The molecule has 0 aliphatic carbocycles. The van der Waals surface area contributed by atoms with Crippen LogP contribution in [0.3, 0.4) is 0 Å². The standard InChI is InChI=1S/C27H32F4N8O/c1-16-7-8-19(13-23(16)39-15-22(34-35-39)20-14-32-38(6)17(20)2)33-26(40)18-11-21(27(29,30)31)25(28)24(12-18)37(5)10-9-36(3)4/h7-8,11-15,34-35H,9-10H2,1-6H3,(H,33,40). The van der Waals surface area contributed by atoms with Gasteiger partial charge in [0.05, 0.1) is 28.8 Å². The van der Waals surface area contributed by atoms with Gasteiger partial charge in [-0.05, 0) is 57.8 Å². The third-order valence-corrected chi connectivity index (χ3v) is 6.74. The summed E-state index contributed by atoms with van der Waals surface area (Å²) in [6, 6.07) is 6.80. The van der Waals surface area contributed by atoms with Gasteiger partial charge in [-0.15, -0.1) is 5.53 Å². The molecule has 0 atom stereocenters. The van der Waals surface area contributed by atoms with E-state index >= 15 is 0 Å². The minimum Gasteiger partial charge on any atom is -0.371 e. The summed E-state index contributed by atoms with van der Waals surface area (Å²) in [6.45, 7) is 4.57. The molecule has 1 aliphatic heterocycles. The average molecular weight is 561 g/mol. The van der Waals surface area contributed by atoms with Crippen LogP contribution in [-0.4, -0.2) is 54.8 Å². The number of aromatic nitrogens is 2. The number of anilines is 3. The Labute approximate surface area is 230 Å². The zero-order chi connectivity index (χ0) is 29.4. The van der Waals surface area contributed by atoms with Gasteiger partial charge in [0.25, 0.3) is 5.91 Å². The van der Waals surface area contributed by atoms with Crippen molar-refractivity contribution in [2.45, 2.75) is 20.0 Å². The van der Waals surface area contributed by atoms with Crippen molar-refractivity contribution in [1.82, 2.24) is 25.6 Å². The minimum atomic E-state index is -4.97. The summed E-state index contributed by atoms with van der Waals surface area (Å²) >= 11 is 0. The van der Waals surface area contributed by atoms with E-state index in [1.54, 1.807) is 48.2 Å². The predicted molar refractivity (Wildman–Crippen MR) is 147 cm³/mol. The van der Waals surface area contributed by atoms with Crippen LogP contribution in [0, 0.1) is 19.7 Å². The quantitative estimate of drug-likeness (QED) is 0.355. The van der Waals surface area contributed by atoms with Gasteiger partial charge < -0.3 is 20.5 Å². The highest BCUT2D eigenvalue weighted by molar-refractivity contribution is 6.05. The van der Waals surface area contributed by atoms with Gasteiger partial charge in [0.15, 0.2) is 5.82 Å². The predicted octanol–water partition coefficient (Wildman–Crippen LogP) is 4.27. The van der Waals surface area contributed by atoms with E-state index in [0.29, 0.717) is 24.0 Å². The topological polar surface area (TPSA) is 80.7 Å². The first kappa shape index (κ1) is 28.9. The molecular formula is C27H32F4N8O. The third-order valence-electron chi connectivity index (χ3n) is 6.74. The van der Waals surface area contributed by atoms with E-state index in [2.05, 4.69) is 21.4 Å². The van der Waals surface area contributed by atoms with E-state index in [-0.39, 0.29) is 17.8 Å². The lowest BCUT2D eigenvalue weighted by atomic mass is 10.1. The van der Waals surface area contributed by atoms with Crippen LogP contribution in [0.1, 0.15) is 32.7 Å². The van der Waals surface area contributed by atoms with Crippen molar-refractivity contribution in [1.29, 1.82) is 0 Å². The molecule has 0 saturated heterocycles. The number of carbonyl (C=O) groups excluding carboxylic acids is 1. The van der Waals surface area contributed by atoms with Gasteiger partial charge in [-0.3, -0.25) is 14.5 Å².